The quantitative estimate of drug-likeness (QED) is 0.813. The second kappa shape index (κ2) is 10.0. The third-order valence-corrected chi connectivity index (χ3v) is 3.75. The molecule has 4 heteroatoms. The van der Waals surface area contributed by atoms with Crippen molar-refractivity contribution >= 4 is 18.3 Å². The Morgan fingerprint density at radius 1 is 1.04 bits per heavy atom. The number of hydrogen-bond acceptors (Lipinski definition) is 2. The first-order chi connectivity index (χ1) is 10.6. The second-order valence-electron chi connectivity index (χ2n) is 5.71. The fourth-order valence-corrected chi connectivity index (χ4v) is 2.45. The van der Waals surface area contributed by atoms with Gasteiger partial charge in [0.05, 0.1) is 0 Å². The minimum atomic E-state index is -0.248. The summed E-state index contributed by atoms with van der Waals surface area (Å²) in [6.45, 7) is 2.04. The molecule has 1 amide bonds. The summed E-state index contributed by atoms with van der Waals surface area (Å²) in [6, 6.07) is 20.0. The predicted octanol–water partition coefficient (Wildman–Crippen LogP) is 3.64. The van der Waals surface area contributed by atoms with E-state index in [4.69, 9.17) is 5.73 Å². The van der Waals surface area contributed by atoms with E-state index in [1.54, 1.807) is 0 Å². The molecule has 124 valence electrons. The van der Waals surface area contributed by atoms with Gasteiger partial charge in [0.25, 0.3) is 0 Å². The summed E-state index contributed by atoms with van der Waals surface area (Å²) >= 11 is 0. The summed E-state index contributed by atoms with van der Waals surface area (Å²) in [6.07, 6.45) is 2.21. The van der Waals surface area contributed by atoms with Crippen LogP contribution in [0, 0.1) is 0 Å². The van der Waals surface area contributed by atoms with E-state index in [2.05, 4.69) is 17.4 Å². The molecule has 2 aromatic rings. The largest absolute Gasteiger partial charge is 0.354 e. The number of hydrogen-bond donors (Lipinski definition) is 2. The van der Waals surface area contributed by atoms with Crippen molar-refractivity contribution in [2.45, 2.75) is 38.3 Å². The highest BCUT2D eigenvalue weighted by Crippen LogP contribution is 2.13. The van der Waals surface area contributed by atoms with Gasteiger partial charge >= 0.3 is 0 Å². The van der Waals surface area contributed by atoms with Gasteiger partial charge in [-0.05, 0) is 30.9 Å². The average molecular weight is 333 g/mol. The van der Waals surface area contributed by atoms with Crippen molar-refractivity contribution in [2.24, 2.45) is 5.73 Å². The molecule has 3 N–H and O–H groups in total. The smallest absolute Gasteiger partial charge is 0.222 e. The van der Waals surface area contributed by atoms with Crippen molar-refractivity contribution in [1.29, 1.82) is 0 Å². The van der Waals surface area contributed by atoms with E-state index in [0.29, 0.717) is 6.42 Å². The summed E-state index contributed by atoms with van der Waals surface area (Å²) in [7, 11) is 0. The number of nitrogens with two attached hydrogens (primary N) is 1. The lowest BCUT2D eigenvalue weighted by Crippen LogP contribution is -2.34. The molecule has 23 heavy (non-hydrogen) atoms. The molecule has 0 heterocycles. The minimum Gasteiger partial charge on any atom is -0.354 e. The van der Waals surface area contributed by atoms with Crippen LogP contribution >= 0.6 is 12.4 Å². The Balaban J connectivity index is 0.00000264. The number of carbonyl (C=O) groups is 1. The molecule has 0 saturated carbocycles. The van der Waals surface area contributed by atoms with Gasteiger partial charge in [0.1, 0.15) is 0 Å². The summed E-state index contributed by atoms with van der Waals surface area (Å²) in [5.74, 6) is 0.0110. The van der Waals surface area contributed by atoms with E-state index in [1.807, 2.05) is 55.5 Å². The van der Waals surface area contributed by atoms with Crippen LogP contribution in [0.3, 0.4) is 0 Å². The van der Waals surface area contributed by atoms with Crippen LogP contribution in [0.5, 0.6) is 0 Å². The van der Waals surface area contributed by atoms with Gasteiger partial charge in [0.15, 0.2) is 0 Å². The first kappa shape index (κ1) is 19.2. The predicted molar refractivity (Wildman–Crippen MR) is 97.6 cm³/mol. The lowest BCUT2D eigenvalue weighted by atomic mass is 10.0. The molecule has 0 aromatic heterocycles. The van der Waals surface area contributed by atoms with Gasteiger partial charge in [-0.1, -0.05) is 60.7 Å². The Morgan fingerprint density at radius 3 is 2.22 bits per heavy atom. The molecule has 0 aliphatic heterocycles. The van der Waals surface area contributed by atoms with Crippen molar-refractivity contribution in [3.05, 3.63) is 71.8 Å². The van der Waals surface area contributed by atoms with Crippen LogP contribution in [0.1, 0.15) is 36.9 Å². The number of rotatable bonds is 7. The highest BCUT2D eigenvalue weighted by atomic mass is 35.5. The molecule has 0 saturated heterocycles. The van der Waals surface area contributed by atoms with Crippen molar-refractivity contribution < 1.29 is 4.79 Å². The van der Waals surface area contributed by atoms with Crippen LogP contribution in [-0.4, -0.2) is 11.9 Å². The zero-order valence-corrected chi connectivity index (χ0v) is 14.3. The number of benzene rings is 2. The fourth-order valence-electron chi connectivity index (χ4n) is 2.45. The van der Waals surface area contributed by atoms with Crippen molar-refractivity contribution in [3.63, 3.8) is 0 Å². The number of aryl methyl sites for hydroxylation is 1. The molecule has 2 rings (SSSR count). The zero-order chi connectivity index (χ0) is 15.8. The Kier molecular flexibility index (Phi) is 8.38. The molecule has 2 aromatic carbocycles. The molecule has 3 nitrogen and oxygen atoms in total. The average Bonchev–Trinajstić information content (AvgIpc) is 2.54. The lowest BCUT2D eigenvalue weighted by molar-refractivity contribution is -0.122. The van der Waals surface area contributed by atoms with Crippen molar-refractivity contribution in [3.8, 4) is 0 Å². The van der Waals surface area contributed by atoms with E-state index < -0.39 is 0 Å². The topological polar surface area (TPSA) is 55.1 Å². The molecular weight excluding hydrogens is 308 g/mol. The van der Waals surface area contributed by atoms with Crippen molar-refractivity contribution in [2.75, 3.05) is 0 Å². The Morgan fingerprint density at radius 2 is 1.61 bits per heavy atom. The Hall–Kier alpha value is -1.84. The normalized spacial score (nSPS) is 12.8. The van der Waals surface area contributed by atoms with Crippen LogP contribution in [0.4, 0.5) is 0 Å². The Bertz CT molecular complexity index is 574. The van der Waals surface area contributed by atoms with Gasteiger partial charge < -0.3 is 11.1 Å². The summed E-state index contributed by atoms with van der Waals surface area (Å²) in [5, 5.41) is 3.03. The van der Waals surface area contributed by atoms with E-state index in [9.17, 15) is 4.79 Å². The van der Waals surface area contributed by atoms with Crippen LogP contribution in [0.2, 0.25) is 0 Å². The highest BCUT2D eigenvalue weighted by molar-refractivity contribution is 5.85. The first-order valence-electron chi connectivity index (χ1n) is 7.79. The van der Waals surface area contributed by atoms with Crippen LogP contribution in [-0.2, 0) is 11.2 Å². The molecule has 0 radical (unpaired) electrons. The minimum absolute atomic E-state index is 0. The molecule has 0 spiro atoms. The number of amides is 1. The first-order valence-corrected chi connectivity index (χ1v) is 7.79. The fraction of sp³-hybridized carbons (Fsp3) is 0.316. The van der Waals surface area contributed by atoms with Gasteiger partial charge in [-0.15, -0.1) is 12.4 Å². The number of nitrogens with one attached hydrogen (secondary N) is 1. The SMILES string of the molecule is CC(CCc1ccccc1)NC(=O)CC(N)c1ccccc1.Cl. The summed E-state index contributed by atoms with van der Waals surface area (Å²) < 4.78 is 0. The third-order valence-electron chi connectivity index (χ3n) is 3.75. The molecule has 2 atom stereocenters. The Labute approximate surface area is 144 Å². The molecule has 0 aliphatic rings. The molecule has 2 unspecified atom stereocenters. The molecule has 0 aliphatic carbocycles. The maximum atomic E-state index is 12.1. The van der Waals surface area contributed by atoms with E-state index in [-0.39, 0.29) is 30.4 Å². The standard InChI is InChI=1S/C19H24N2O.ClH/c1-15(12-13-16-8-4-2-5-9-16)21-19(22)14-18(20)17-10-6-3-7-11-17;/h2-11,15,18H,12-14,20H2,1H3,(H,21,22);1H. The number of halogens is 1. The maximum absolute atomic E-state index is 12.1. The van der Waals surface area contributed by atoms with E-state index in [0.717, 1.165) is 18.4 Å². The molecule has 0 bridgehead atoms. The maximum Gasteiger partial charge on any atom is 0.222 e. The second-order valence-corrected chi connectivity index (χ2v) is 5.71. The van der Waals surface area contributed by atoms with E-state index in [1.165, 1.54) is 5.56 Å². The van der Waals surface area contributed by atoms with Crippen LogP contribution in [0.25, 0.3) is 0 Å². The zero-order valence-electron chi connectivity index (χ0n) is 13.4. The van der Waals surface area contributed by atoms with Crippen LogP contribution < -0.4 is 11.1 Å². The van der Waals surface area contributed by atoms with Gasteiger partial charge in [-0.2, -0.15) is 0 Å². The summed E-state index contributed by atoms with van der Waals surface area (Å²) in [4.78, 5) is 12.1. The molecular formula is C19H25ClN2O. The van der Waals surface area contributed by atoms with Crippen molar-refractivity contribution in [1.82, 2.24) is 5.32 Å². The van der Waals surface area contributed by atoms with E-state index >= 15 is 0 Å². The van der Waals surface area contributed by atoms with Gasteiger partial charge in [0.2, 0.25) is 5.91 Å². The molecule has 0 fully saturated rings. The lowest BCUT2D eigenvalue weighted by Gasteiger charge is -2.16. The van der Waals surface area contributed by atoms with Gasteiger partial charge in [0, 0.05) is 18.5 Å². The highest BCUT2D eigenvalue weighted by Gasteiger charge is 2.13. The number of carbonyl (C=O) groups excluding carboxylic acids is 1. The van der Waals surface area contributed by atoms with Gasteiger partial charge in [-0.3, -0.25) is 4.79 Å². The van der Waals surface area contributed by atoms with Crippen LogP contribution in [0.15, 0.2) is 60.7 Å². The third kappa shape index (κ3) is 6.85. The monoisotopic (exact) mass is 332 g/mol. The van der Waals surface area contributed by atoms with Gasteiger partial charge in [-0.25, -0.2) is 0 Å². The summed E-state index contributed by atoms with van der Waals surface area (Å²) in [5.41, 5.74) is 8.37.